The second-order valence-corrected chi connectivity index (χ2v) is 5.75. The van der Waals surface area contributed by atoms with Gasteiger partial charge in [-0.25, -0.2) is 0 Å². The average Bonchev–Trinajstić information content (AvgIpc) is 2.60. The van der Waals surface area contributed by atoms with Gasteiger partial charge in [0.1, 0.15) is 0 Å². The lowest BCUT2D eigenvalue weighted by Gasteiger charge is -2.28. The molecule has 0 aliphatic heterocycles. The minimum atomic E-state index is -4.74. The second kappa shape index (κ2) is 6.00. The Kier molecular flexibility index (Phi) is 4.21. The fraction of sp³-hybridized carbons (Fsp3) is 0.158. The molecular formula is C19H11F7. The first-order valence-electron chi connectivity index (χ1n) is 7.47. The molecule has 26 heavy (non-hydrogen) atoms. The minimum Gasteiger partial charge on any atom is -0.194 e. The monoisotopic (exact) mass is 372 g/mol. The molecular weight excluding hydrogens is 361 g/mol. The molecule has 0 bridgehead atoms. The van der Waals surface area contributed by atoms with Crippen molar-refractivity contribution >= 4 is 10.8 Å². The van der Waals surface area contributed by atoms with Crippen molar-refractivity contribution < 1.29 is 30.7 Å². The smallest absolute Gasteiger partial charge is 0.194 e. The van der Waals surface area contributed by atoms with Crippen molar-refractivity contribution in [3.05, 3.63) is 83.4 Å². The van der Waals surface area contributed by atoms with E-state index in [9.17, 15) is 30.7 Å². The maximum Gasteiger partial charge on any atom is 0.416 e. The Hall–Kier alpha value is -2.57. The van der Waals surface area contributed by atoms with Gasteiger partial charge < -0.3 is 0 Å². The maximum atomic E-state index is 14.7. The summed E-state index contributed by atoms with van der Waals surface area (Å²) in [6, 6.07) is 10.9. The van der Waals surface area contributed by atoms with Crippen molar-refractivity contribution in [2.24, 2.45) is 0 Å². The van der Waals surface area contributed by atoms with Gasteiger partial charge in [-0.3, -0.25) is 0 Å². The zero-order valence-corrected chi connectivity index (χ0v) is 13.0. The number of rotatable bonds is 3. The van der Waals surface area contributed by atoms with E-state index >= 15 is 0 Å². The van der Waals surface area contributed by atoms with Crippen LogP contribution in [0.15, 0.2) is 66.7 Å². The summed E-state index contributed by atoms with van der Waals surface area (Å²) in [5, 5.41) is 0.305. The molecule has 3 aromatic carbocycles. The van der Waals surface area contributed by atoms with E-state index in [0.29, 0.717) is 29.7 Å². The molecule has 136 valence electrons. The summed E-state index contributed by atoms with van der Waals surface area (Å²) >= 11 is 0. The summed E-state index contributed by atoms with van der Waals surface area (Å²) in [6.07, 6.45) is -4.74. The van der Waals surface area contributed by atoms with Crippen LogP contribution in [0, 0.1) is 0 Å². The van der Waals surface area contributed by atoms with Gasteiger partial charge in [0.15, 0.2) is 0 Å². The predicted octanol–water partition coefficient (Wildman–Crippen LogP) is 6.74. The number of halogens is 7. The van der Waals surface area contributed by atoms with Crippen molar-refractivity contribution in [1.29, 1.82) is 0 Å². The van der Waals surface area contributed by atoms with E-state index in [4.69, 9.17) is 0 Å². The highest BCUT2D eigenvalue weighted by atomic mass is 19.4. The highest BCUT2D eigenvalue weighted by molar-refractivity contribution is 5.86. The third-order valence-corrected chi connectivity index (χ3v) is 4.10. The van der Waals surface area contributed by atoms with Gasteiger partial charge in [0.05, 0.1) is 5.56 Å². The molecule has 0 spiro atoms. The predicted molar refractivity (Wildman–Crippen MR) is 83.2 cm³/mol. The number of hydrogen-bond donors (Lipinski definition) is 0. The Bertz CT molecular complexity index is 919. The molecule has 0 fully saturated rings. The van der Waals surface area contributed by atoms with E-state index in [1.165, 1.54) is 30.3 Å². The molecule has 0 heterocycles. The SMILES string of the molecule is FC(F)(F)c1ccc(C(F)(F)C(F)(F)c2cccc3ccccc23)cc1. The summed E-state index contributed by atoms with van der Waals surface area (Å²) in [5.74, 6) is -9.31. The van der Waals surface area contributed by atoms with E-state index in [1.54, 1.807) is 6.07 Å². The Morgan fingerprint density at radius 2 is 1.04 bits per heavy atom. The highest BCUT2D eigenvalue weighted by Gasteiger charge is 2.59. The first-order chi connectivity index (χ1) is 12.0. The van der Waals surface area contributed by atoms with Crippen LogP contribution in [0.4, 0.5) is 30.7 Å². The Balaban J connectivity index is 2.09. The van der Waals surface area contributed by atoms with Crippen molar-refractivity contribution in [3.8, 4) is 0 Å². The lowest BCUT2D eigenvalue weighted by Crippen LogP contribution is -2.35. The molecule has 0 nitrogen and oxygen atoms in total. The number of hydrogen-bond acceptors (Lipinski definition) is 0. The lowest BCUT2D eigenvalue weighted by molar-refractivity contribution is -0.223. The number of fused-ring (bicyclic) bond motifs is 1. The van der Waals surface area contributed by atoms with Crippen LogP contribution in [-0.4, -0.2) is 0 Å². The Morgan fingerprint density at radius 1 is 0.500 bits per heavy atom. The topological polar surface area (TPSA) is 0 Å². The summed E-state index contributed by atoms with van der Waals surface area (Å²) in [7, 11) is 0. The molecule has 3 aromatic rings. The molecule has 0 atom stereocenters. The molecule has 0 saturated heterocycles. The molecule has 0 aliphatic rings. The van der Waals surface area contributed by atoms with E-state index in [-0.39, 0.29) is 5.39 Å². The molecule has 0 saturated carbocycles. The van der Waals surface area contributed by atoms with Crippen molar-refractivity contribution in [2.45, 2.75) is 18.0 Å². The van der Waals surface area contributed by atoms with Crippen LogP contribution in [-0.2, 0) is 18.0 Å². The normalized spacial score (nSPS) is 13.2. The number of benzene rings is 3. The van der Waals surface area contributed by atoms with Crippen LogP contribution in [0.2, 0.25) is 0 Å². The standard InChI is InChI=1S/C19H11F7/c20-17(21,13-8-10-14(11-9-13)19(24,25)26)18(22,23)16-7-3-5-12-4-1-2-6-15(12)16/h1-11H. The zero-order valence-electron chi connectivity index (χ0n) is 13.0. The van der Waals surface area contributed by atoms with Crippen molar-refractivity contribution in [2.75, 3.05) is 0 Å². The molecule has 7 heteroatoms. The first kappa shape index (κ1) is 18.2. The fourth-order valence-electron chi connectivity index (χ4n) is 2.72. The molecule has 3 rings (SSSR count). The van der Waals surface area contributed by atoms with Gasteiger partial charge in [-0.05, 0) is 22.9 Å². The molecule has 0 aliphatic carbocycles. The Labute approximate surface area is 143 Å². The van der Waals surface area contributed by atoms with Gasteiger partial charge in [-0.1, -0.05) is 54.6 Å². The Morgan fingerprint density at radius 3 is 1.65 bits per heavy atom. The zero-order chi connectivity index (χ0) is 19.2. The van der Waals surface area contributed by atoms with Gasteiger partial charge in [0.25, 0.3) is 0 Å². The minimum absolute atomic E-state index is 0.0495. The van der Waals surface area contributed by atoms with E-state index in [2.05, 4.69) is 0 Å². The van der Waals surface area contributed by atoms with Gasteiger partial charge >= 0.3 is 18.0 Å². The third kappa shape index (κ3) is 2.91. The van der Waals surface area contributed by atoms with Gasteiger partial charge in [-0.15, -0.1) is 0 Å². The van der Waals surface area contributed by atoms with E-state index in [1.807, 2.05) is 0 Å². The van der Waals surface area contributed by atoms with Crippen molar-refractivity contribution in [3.63, 3.8) is 0 Å². The molecule has 0 radical (unpaired) electrons. The molecule has 0 aromatic heterocycles. The number of alkyl halides is 7. The quantitative estimate of drug-likeness (QED) is 0.447. The van der Waals surface area contributed by atoms with Crippen LogP contribution in [0.25, 0.3) is 10.8 Å². The highest BCUT2D eigenvalue weighted by Crippen LogP contribution is 2.51. The van der Waals surface area contributed by atoms with Crippen LogP contribution >= 0.6 is 0 Å². The summed E-state index contributed by atoms with van der Waals surface area (Å²) in [4.78, 5) is 0. The lowest BCUT2D eigenvalue weighted by atomic mass is 9.92. The molecule has 0 N–H and O–H groups in total. The van der Waals surface area contributed by atoms with E-state index < -0.39 is 34.7 Å². The van der Waals surface area contributed by atoms with Crippen molar-refractivity contribution in [1.82, 2.24) is 0 Å². The summed E-state index contributed by atoms with van der Waals surface area (Å²) in [5.41, 5.74) is -3.27. The van der Waals surface area contributed by atoms with Gasteiger partial charge in [-0.2, -0.15) is 30.7 Å². The summed E-state index contributed by atoms with van der Waals surface area (Å²) < 4.78 is 96.2. The largest absolute Gasteiger partial charge is 0.416 e. The molecule has 0 amide bonds. The first-order valence-corrected chi connectivity index (χ1v) is 7.47. The van der Waals surface area contributed by atoms with Crippen LogP contribution < -0.4 is 0 Å². The van der Waals surface area contributed by atoms with Crippen LogP contribution in [0.3, 0.4) is 0 Å². The average molecular weight is 372 g/mol. The maximum absolute atomic E-state index is 14.7. The fourth-order valence-corrected chi connectivity index (χ4v) is 2.72. The third-order valence-electron chi connectivity index (χ3n) is 4.10. The van der Waals surface area contributed by atoms with E-state index in [0.717, 1.165) is 6.07 Å². The molecule has 0 unspecified atom stereocenters. The van der Waals surface area contributed by atoms with Gasteiger partial charge in [0.2, 0.25) is 0 Å². The van der Waals surface area contributed by atoms with Crippen LogP contribution in [0.5, 0.6) is 0 Å². The van der Waals surface area contributed by atoms with Crippen LogP contribution in [0.1, 0.15) is 16.7 Å². The van der Waals surface area contributed by atoms with Gasteiger partial charge in [0, 0.05) is 11.1 Å². The summed E-state index contributed by atoms with van der Waals surface area (Å²) in [6.45, 7) is 0. The second-order valence-electron chi connectivity index (χ2n) is 5.75.